The van der Waals surface area contributed by atoms with Crippen LogP contribution in [0.15, 0.2) is 42.5 Å². The van der Waals surface area contributed by atoms with E-state index in [0.717, 1.165) is 6.08 Å². The van der Waals surface area contributed by atoms with Crippen molar-refractivity contribution < 1.29 is 33.0 Å². The van der Waals surface area contributed by atoms with Gasteiger partial charge in [-0.1, -0.05) is 55.3 Å². The second-order valence-corrected chi connectivity index (χ2v) is 8.84. The fraction of sp³-hybridized carbons (Fsp3) is 0.526. The Balaban J connectivity index is 1.85. The smallest absolute Gasteiger partial charge is 0.325 e. The number of aliphatic hydroxyl groups is 1. The van der Waals surface area contributed by atoms with E-state index in [-0.39, 0.29) is 24.3 Å². The molecular weight excluding hydrogens is 405 g/mol. The van der Waals surface area contributed by atoms with Crippen LogP contribution in [0.3, 0.4) is 0 Å². The van der Waals surface area contributed by atoms with Crippen molar-refractivity contribution in [2.45, 2.75) is 43.8 Å². The third-order valence-electron chi connectivity index (χ3n) is 4.77. The Labute approximate surface area is 168 Å². The van der Waals surface area contributed by atoms with Crippen LogP contribution in [0.2, 0.25) is 0 Å². The summed E-state index contributed by atoms with van der Waals surface area (Å²) >= 11 is 0. The third-order valence-corrected chi connectivity index (χ3v) is 5.67. The first kappa shape index (κ1) is 23.5. The topological polar surface area (TPSA) is 110 Å². The van der Waals surface area contributed by atoms with Gasteiger partial charge in [0, 0.05) is 24.8 Å². The van der Waals surface area contributed by atoms with E-state index in [9.17, 15) is 23.2 Å². The van der Waals surface area contributed by atoms with Gasteiger partial charge in [0.2, 0.25) is 0 Å². The summed E-state index contributed by atoms with van der Waals surface area (Å²) in [6.45, 7) is 0.652. The van der Waals surface area contributed by atoms with E-state index in [4.69, 9.17) is 9.79 Å². The molecule has 7 nitrogen and oxygen atoms in total. The summed E-state index contributed by atoms with van der Waals surface area (Å²) in [5.41, 5.74) is -0.287. The molecule has 162 valence electrons. The van der Waals surface area contributed by atoms with Gasteiger partial charge in [0.1, 0.15) is 6.10 Å². The average Bonchev–Trinajstić information content (AvgIpc) is 3.02. The Morgan fingerprint density at radius 3 is 2.52 bits per heavy atom. The maximum atomic E-state index is 14.3. The van der Waals surface area contributed by atoms with E-state index in [1.54, 1.807) is 6.07 Å². The number of nitrogens with zero attached hydrogens (tertiary/aromatic N) is 1. The molecule has 2 atom stereocenters. The number of aliphatic hydroxyl groups excluding tert-OH is 1. The number of amides is 2. The number of hydrogen-bond donors (Lipinski definition) is 4. The summed E-state index contributed by atoms with van der Waals surface area (Å²) in [6.07, 6.45) is 2.60. The van der Waals surface area contributed by atoms with Crippen LogP contribution in [0, 0.1) is 0 Å². The van der Waals surface area contributed by atoms with Gasteiger partial charge in [-0.15, -0.1) is 0 Å². The van der Waals surface area contributed by atoms with E-state index >= 15 is 0 Å². The molecule has 4 N–H and O–H groups in total. The molecule has 0 spiro atoms. The summed E-state index contributed by atoms with van der Waals surface area (Å²) in [5.74, 6) is -3.45. The Morgan fingerprint density at radius 1 is 1.21 bits per heavy atom. The largest absolute Gasteiger partial charge is 0.382 e. The highest BCUT2D eigenvalue weighted by Gasteiger charge is 2.39. The number of hydrogen-bond acceptors (Lipinski definition) is 3. The van der Waals surface area contributed by atoms with Crippen LogP contribution in [0.25, 0.3) is 0 Å². The van der Waals surface area contributed by atoms with Gasteiger partial charge < -0.3 is 25.1 Å². The van der Waals surface area contributed by atoms with Crippen molar-refractivity contribution in [3.8, 4) is 0 Å². The van der Waals surface area contributed by atoms with Crippen LogP contribution in [-0.2, 0) is 10.5 Å². The molecule has 2 amide bonds. The maximum absolute atomic E-state index is 14.3. The minimum Gasteiger partial charge on any atom is -0.382 e. The van der Waals surface area contributed by atoms with Crippen molar-refractivity contribution in [2.24, 2.45) is 0 Å². The predicted molar refractivity (Wildman–Crippen MR) is 105 cm³/mol. The number of halogens is 2. The van der Waals surface area contributed by atoms with Gasteiger partial charge in [-0.3, -0.25) is 4.57 Å². The summed E-state index contributed by atoms with van der Waals surface area (Å²) in [5, 5.41) is 12.6. The molecule has 1 heterocycles. The zero-order valence-electron chi connectivity index (χ0n) is 16.0. The lowest BCUT2D eigenvalue weighted by Crippen LogP contribution is -2.35. The lowest BCUT2D eigenvalue weighted by molar-refractivity contribution is -0.0929. The van der Waals surface area contributed by atoms with Crippen molar-refractivity contribution in [1.82, 2.24) is 10.2 Å². The summed E-state index contributed by atoms with van der Waals surface area (Å²) in [6, 6.07) is 6.30. The Morgan fingerprint density at radius 2 is 1.86 bits per heavy atom. The normalized spacial score (nSPS) is 19.0. The minimum atomic E-state index is -3.98. The number of carbonyl (C=O) groups is 1. The van der Waals surface area contributed by atoms with Gasteiger partial charge in [0.25, 0.3) is 0 Å². The van der Waals surface area contributed by atoms with Gasteiger partial charge in [-0.2, -0.15) is 8.78 Å². The Kier molecular flexibility index (Phi) is 8.34. The van der Waals surface area contributed by atoms with Gasteiger partial charge in [0.15, 0.2) is 0 Å². The number of benzene rings is 1. The number of carbonyl (C=O) groups excluding carboxylic acids is 1. The lowest BCUT2D eigenvalue weighted by Gasteiger charge is -2.23. The Hall–Kier alpha value is -1.80. The van der Waals surface area contributed by atoms with Crippen LogP contribution in [0.5, 0.6) is 0 Å². The van der Waals surface area contributed by atoms with Gasteiger partial charge in [-0.05, 0) is 12.8 Å². The highest BCUT2D eigenvalue weighted by molar-refractivity contribution is 7.51. The molecule has 0 aromatic heterocycles. The van der Waals surface area contributed by atoms with Crippen molar-refractivity contribution in [3.05, 3.63) is 48.0 Å². The van der Waals surface area contributed by atoms with Crippen LogP contribution in [-0.4, -0.2) is 57.2 Å². The molecule has 0 aliphatic carbocycles. The zero-order chi connectivity index (χ0) is 21.5. The van der Waals surface area contributed by atoms with Gasteiger partial charge >= 0.3 is 19.5 Å². The summed E-state index contributed by atoms with van der Waals surface area (Å²) in [4.78, 5) is 31.1. The molecule has 0 radical (unpaired) electrons. The minimum absolute atomic E-state index is 0.157. The number of alkyl halides is 2. The first-order chi connectivity index (χ1) is 13.6. The SMILES string of the molecule is O=C1NC[C@H](/C=C/C(O)C(F)(F)c2ccccc2)N1CCCCCCP(=O)(O)O. The Bertz CT molecular complexity index is 741. The molecule has 29 heavy (non-hydrogen) atoms. The summed E-state index contributed by atoms with van der Waals surface area (Å²) in [7, 11) is -3.98. The maximum Gasteiger partial charge on any atom is 0.325 e. The van der Waals surface area contributed by atoms with Crippen molar-refractivity contribution >= 4 is 13.6 Å². The molecule has 1 fully saturated rings. The van der Waals surface area contributed by atoms with Gasteiger partial charge in [0.05, 0.1) is 6.04 Å². The first-order valence-electron chi connectivity index (χ1n) is 9.50. The number of unbranched alkanes of at least 4 members (excludes halogenated alkanes) is 3. The van der Waals surface area contributed by atoms with Crippen molar-refractivity contribution in [1.29, 1.82) is 0 Å². The van der Waals surface area contributed by atoms with Crippen LogP contribution in [0.4, 0.5) is 13.6 Å². The molecule has 0 saturated carbocycles. The van der Waals surface area contributed by atoms with Gasteiger partial charge in [-0.25, -0.2) is 4.79 Å². The number of rotatable bonds is 11. The second-order valence-electron chi connectivity index (χ2n) is 7.07. The molecule has 1 saturated heterocycles. The molecule has 1 aliphatic rings. The third kappa shape index (κ3) is 7.19. The van der Waals surface area contributed by atoms with E-state index < -0.39 is 25.7 Å². The standard InChI is InChI=1S/C19H27F2N2O5P/c20-19(21,15-8-4-3-5-9-15)17(24)11-10-16-14-22-18(25)23(16)12-6-1-2-7-13-29(26,27)28/h3-5,8-11,16-17,24H,1-2,6-7,12-14H2,(H,22,25)(H2,26,27,28)/b11-10+/t16-,17?/m0/s1. The van der Waals surface area contributed by atoms with Crippen LogP contribution >= 0.6 is 7.60 Å². The molecule has 1 unspecified atom stereocenters. The van der Waals surface area contributed by atoms with E-state index in [0.29, 0.717) is 32.2 Å². The zero-order valence-corrected chi connectivity index (χ0v) is 16.8. The van der Waals surface area contributed by atoms with E-state index in [2.05, 4.69) is 5.32 Å². The average molecular weight is 432 g/mol. The molecule has 1 aliphatic heterocycles. The van der Waals surface area contributed by atoms with Crippen LogP contribution < -0.4 is 5.32 Å². The summed E-state index contributed by atoms with van der Waals surface area (Å²) < 4.78 is 39.5. The number of urea groups is 1. The molecule has 1 aromatic rings. The van der Waals surface area contributed by atoms with Crippen molar-refractivity contribution in [2.75, 3.05) is 19.3 Å². The molecule has 0 bridgehead atoms. The second kappa shape index (κ2) is 10.3. The first-order valence-corrected chi connectivity index (χ1v) is 11.3. The monoisotopic (exact) mass is 432 g/mol. The highest BCUT2D eigenvalue weighted by atomic mass is 31.2. The van der Waals surface area contributed by atoms with E-state index in [1.165, 1.54) is 35.2 Å². The molecule has 10 heteroatoms. The molecule has 2 rings (SSSR count). The number of nitrogens with one attached hydrogen (secondary N) is 1. The fourth-order valence-corrected chi connectivity index (χ4v) is 3.77. The van der Waals surface area contributed by atoms with Crippen molar-refractivity contribution in [3.63, 3.8) is 0 Å². The molecule has 1 aromatic carbocycles. The fourth-order valence-electron chi connectivity index (χ4n) is 3.13. The van der Waals surface area contributed by atoms with E-state index in [1.807, 2.05) is 0 Å². The lowest BCUT2D eigenvalue weighted by atomic mass is 10.0. The molecular formula is C19H27F2N2O5P. The predicted octanol–water partition coefficient (Wildman–Crippen LogP) is 2.83. The highest BCUT2D eigenvalue weighted by Crippen LogP contribution is 2.35. The van der Waals surface area contributed by atoms with Crippen LogP contribution in [0.1, 0.15) is 31.2 Å². The quantitative estimate of drug-likeness (QED) is 0.244.